The molecule has 0 saturated carbocycles. The van der Waals surface area contributed by atoms with Crippen molar-refractivity contribution in [2.45, 2.75) is 13.0 Å². The van der Waals surface area contributed by atoms with Crippen LogP contribution in [0, 0.1) is 10.1 Å². The van der Waals surface area contributed by atoms with Crippen LogP contribution < -0.4 is 11.1 Å². The summed E-state index contributed by atoms with van der Waals surface area (Å²) in [6, 6.07) is 7.99. The first-order valence-corrected chi connectivity index (χ1v) is 7.96. The molecule has 0 radical (unpaired) electrons. The Morgan fingerprint density at radius 1 is 1.23 bits per heavy atom. The predicted molar refractivity (Wildman–Crippen MR) is 97.5 cm³/mol. The van der Waals surface area contributed by atoms with Gasteiger partial charge in [-0.25, -0.2) is 4.79 Å². The Bertz CT molecular complexity index is 868. The van der Waals surface area contributed by atoms with Crippen molar-refractivity contribution >= 4 is 52.1 Å². The second-order valence-corrected chi connectivity index (χ2v) is 5.98. The summed E-state index contributed by atoms with van der Waals surface area (Å²) in [4.78, 5) is 34.4. The molecule has 0 unspecified atom stereocenters. The highest BCUT2D eigenvalue weighted by molar-refractivity contribution is 6.39. The third-order valence-electron chi connectivity index (χ3n) is 3.33. The number of nitrogens with two attached hydrogens (primary N) is 1. The Balaban J connectivity index is 2.09. The lowest BCUT2D eigenvalue weighted by atomic mass is 10.1. The Morgan fingerprint density at radius 3 is 2.38 bits per heavy atom. The van der Waals surface area contributed by atoms with Crippen molar-refractivity contribution in [1.82, 2.24) is 0 Å². The number of hydrogen-bond donors (Lipinski definition) is 2. The van der Waals surface area contributed by atoms with E-state index in [1.54, 1.807) is 6.07 Å². The van der Waals surface area contributed by atoms with E-state index in [1.807, 2.05) is 0 Å². The van der Waals surface area contributed by atoms with Gasteiger partial charge in [0.25, 0.3) is 11.6 Å². The molecule has 2 rings (SSSR count). The van der Waals surface area contributed by atoms with Crippen LogP contribution in [-0.2, 0) is 9.53 Å². The lowest BCUT2D eigenvalue weighted by Crippen LogP contribution is -2.30. The minimum Gasteiger partial charge on any atom is -0.449 e. The number of benzene rings is 2. The van der Waals surface area contributed by atoms with E-state index in [2.05, 4.69) is 5.32 Å². The fraction of sp³-hybridized carbons (Fsp3) is 0.125. The number of nitro groups is 1. The third kappa shape index (κ3) is 4.41. The number of hydrogen-bond acceptors (Lipinski definition) is 6. The fourth-order valence-electron chi connectivity index (χ4n) is 1.97. The van der Waals surface area contributed by atoms with E-state index in [0.29, 0.717) is 0 Å². The second-order valence-electron chi connectivity index (χ2n) is 5.16. The number of halogens is 2. The summed E-state index contributed by atoms with van der Waals surface area (Å²) < 4.78 is 5.04. The van der Waals surface area contributed by atoms with E-state index in [0.717, 1.165) is 18.2 Å². The number of nitrogen functional groups attached to an aromatic ring is 1. The molecule has 0 saturated heterocycles. The van der Waals surface area contributed by atoms with Gasteiger partial charge in [0.15, 0.2) is 6.10 Å². The smallest absolute Gasteiger partial charge is 0.341 e. The first-order chi connectivity index (χ1) is 12.2. The van der Waals surface area contributed by atoms with Gasteiger partial charge in [-0.15, -0.1) is 0 Å². The Kier molecular flexibility index (Phi) is 6.01. The van der Waals surface area contributed by atoms with Crippen LogP contribution in [0.3, 0.4) is 0 Å². The van der Waals surface area contributed by atoms with E-state index in [-0.39, 0.29) is 32.7 Å². The highest BCUT2D eigenvalue weighted by Crippen LogP contribution is 2.30. The molecule has 10 heteroatoms. The van der Waals surface area contributed by atoms with Crippen LogP contribution in [0.2, 0.25) is 10.0 Å². The van der Waals surface area contributed by atoms with Crippen molar-refractivity contribution in [2.24, 2.45) is 0 Å². The maximum Gasteiger partial charge on any atom is 0.341 e. The SMILES string of the molecule is C[C@H](OC(=O)c1ccc([N+](=O)[O-])cc1N)C(=O)Nc1c(Cl)cccc1Cl. The molecule has 0 aliphatic carbocycles. The van der Waals surface area contributed by atoms with Crippen molar-refractivity contribution in [2.75, 3.05) is 11.1 Å². The first kappa shape index (κ1) is 19.5. The predicted octanol–water partition coefficient (Wildman–Crippen LogP) is 3.67. The number of nitrogens with zero attached hydrogens (tertiary/aromatic N) is 1. The van der Waals surface area contributed by atoms with Crippen molar-refractivity contribution in [3.63, 3.8) is 0 Å². The van der Waals surface area contributed by atoms with E-state index >= 15 is 0 Å². The molecule has 0 spiro atoms. The lowest BCUT2D eigenvalue weighted by Gasteiger charge is -2.15. The number of amides is 1. The van der Waals surface area contributed by atoms with Crippen molar-refractivity contribution < 1.29 is 19.2 Å². The molecular weight excluding hydrogens is 385 g/mol. The monoisotopic (exact) mass is 397 g/mol. The molecule has 0 fully saturated rings. The van der Waals surface area contributed by atoms with Gasteiger partial charge in [0.2, 0.25) is 0 Å². The lowest BCUT2D eigenvalue weighted by molar-refractivity contribution is -0.384. The summed E-state index contributed by atoms with van der Waals surface area (Å²) in [6.45, 7) is 1.35. The van der Waals surface area contributed by atoms with Crippen LogP contribution >= 0.6 is 23.2 Å². The number of para-hydroxylation sites is 1. The van der Waals surface area contributed by atoms with E-state index < -0.39 is 22.9 Å². The summed E-state index contributed by atoms with van der Waals surface area (Å²) >= 11 is 11.9. The third-order valence-corrected chi connectivity index (χ3v) is 3.96. The summed E-state index contributed by atoms with van der Waals surface area (Å²) in [5.74, 6) is -1.56. The number of carbonyl (C=O) groups is 2. The second kappa shape index (κ2) is 8.03. The highest BCUT2D eigenvalue weighted by Gasteiger charge is 2.23. The molecule has 0 bridgehead atoms. The maximum atomic E-state index is 12.2. The van der Waals surface area contributed by atoms with Crippen LogP contribution in [0.1, 0.15) is 17.3 Å². The van der Waals surface area contributed by atoms with Gasteiger partial charge in [0, 0.05) is 12.1 Å². The minimum absolute atomic E-state index is 0.0916. The van der Waals surface area contributed by atoms with Gasteiger partial charge in [-0.2, -0.15) is 0 Å². The summed E-state index contributed by atoms with van der Waals surface area (Å²) in [6.07, 6.45) is -1.19. The molecule has 8 nitrogen and oxygen atoms in total. The number of rotatable bonds is 5. The molecule has 3 N–H and O–H groups in total. The van der Waals surface area contributed by atoms with Crippen molar-refractivity contribution in [1.29, 1.82) is 0 Å². The number of esters is 1. The van der Waals surface area contributed by atoms with Gasteiger partial charge in [-0.1, -0.05) is 29.3 Å². The molecule has 2 aromatic rings. The first-order valence-electron chi connectivity index (χ1n) is 7.20. The zero-order valence-corrected chi connectivity index (χ0v) is 14.9. The summed E-state index contributed by atoms with van der Waals surface area (Å²) in [5, 5.41) is 13.6. The topological polar surface area (TPSA) is 125 Å². The molecular formula is C16H13Cl2N3O5. The van der Waals surface area contributed by atoms with Crippen LogP contribution in [-0.4, -0.2) is 22.9 Å². The molecule has 0 heterocycles. The van der Waals surface area contributed by atoms with Crippen molar-refractivity contribution in [3.8, 4) is 0 Å². The fourth-order valence-corrected chi connectivity index (χ4v) is 2.46. The van der Waals surface area contributed by atoms with Gasteiger partial charge in [0.1, 0.15) is 0 Å². The number of carbonyl (C=O) groups excluding carboxylic acids is 2. The molecule has 2 aromatic carbocycles. The number of non-ortho nitro benzene ring substituents is 1. The molecule has 0 aliphatic rings. The van der Waals surface area contributed by atoms with E-state index in [9.17, 15) is 19.7 Å². The van der Waals surface area contributed by atoms with Gasteiger partial charge in [-0.3, -0.25) is 14.9 Å². The zero-order chi connectivity index (χ0) is 19.4. The number of ether oxygens (including phenoxy) is 1. The molecule has 26 heavy (non-hydrogen) atoms. The molecule has 0 aromatic heterocycles. The van der Waals surface area contributed by atoms with Gasteiger partial charge < -0.3 is 15.8 Å². The summed E-state index contributed by atoms with van der Waals surface area (Å²) in [5.41, 5.74) is 5.34. The Labute approximate surface area is 158 Å². The van der Waals surface area contributed by atoms with Crippen molar-refractivity contribution in [3.05, 3.63) is 62.1 Å². The van der Waals surface area contributed by atoms with Gasteiger partial charge in [-0.05, 0) is 25.1 Å². The molecule has 0 aliphatic heterocycles. The maximum absolute atomic E-state index is 12.2. The van der Waals surface area contributed by atoms with Crippen LogP contribution in [0.25, 0.3) is 0 Å². The van der Waals surface area contributed by atoms with Gasteiger partial charge in [0.05, 0.1) is 31.9 Å². The average Bonchev–Trinajstić information content (AvgIpc) is 2.57. The molecule has 1 atom stereocenters. The van der Waals surface area contributed by atoms with E-state index in [4.69, 9.17) is 33.7 Å². The van der Waals surface area contributed by atoms with Gasteiger partial charge >= 0.3 is 5.97 Å². The van der Waals surface area contributed by atoms with Crippen LogP contribution in [0.15, 0.2) is 36.4 Å². The van der Waals surface area contributed by atoms with E-state index in [1.165, 1.54) is 19.1 Å². The molecule has 1 amide bonds. The summed E-state index contributed by atoms with van der Waals surface area (Å²) in [7, 11) is 0. The Morgan fingerprint density at radius 2 is 1.85 bits per heavy atom. The van der Waals surface area contributed by atoms with Crippen LogP contribution in [0.4, 0.5) is 17.1 Å². The number of nitrogens with one attached hydrogen (secondary N) is 1. The zero-order valence-electron chi connectivity index (χ0n) is 13.4. The number of nitro benzene ring substituents is 1. The highest BCUT2D eigenvalue weighted by atomic mass is 35.5. The standard InChI is InChI=1S/C16H13Cl2N3O5/c1-8(15(22)20-14-11(17)3-2-4-12(14)18)26-16(23)10-6-5-9(21(24)25)7-13(10)19/h2-8H,19H2,1H3,(H,20,22)/t8-/m0/s1. The largest absolute Gasteiger partial charge is 0.449 e. The Hall–Kier alpha value is -2.84. The minimum atomic E-state index is -1.19. The quantitative estimate of drug-likeness (QED) is 0.343. The molecule has 136 valence electrons. The average molecular weight is 398 g/mol. The normalized spacial score (nSPS) is 11.5. The number of anilines is 2. The van der Waals surface area contributed by atoms with Crippen LogP contribution in [0.5, 0.6) is 0 Å².